The standard InChI is InChI=1S/C12H8N4O2/c13-7-10-4-5-14-12(16-10)15-9-3-1-2-8(6-9)11(17)18/h1-6H,(H,17,18)(H,14,15,16). The minimum atomic E-state index is -1.01. The third kappa shape index (κ3) is 2.59. The van der Waals surface area contributed by atoms with Gasteiger partial charge in [0.05, 0.1) is 5.56 Å². The summed E-state index contributed by atoms with van der Waals surface area (Å²) in [7, 11) is 0. The highest BCUT2D eigenvalue weighted by Crippen LogP contribution is 2.14. The van der Waals surface area contributed by atoms with Gasteiger partial charge >= 0.3 is 5.97 Å². The number of anilines is 2. The minimum Gasteiger partial charge on any atom is -0.478 e. The zero-order chi connectivity index (χ0) is 13.0. The van der Waals surface area contributed by atoms with Crippen molar-refractivity contribution in [2.75, 3.05) is 5.32 Å². The van der Waals surface area contributed by atoms with E-state index in [4.69, 9.17) is 10.4 Å². The van der Waals surface area contributed by atoms with E-state index in [1.54, 1.807) is 12.1 Å². The Balaban J connectivity index is 2.26. The summed E-state index contributed by atoms with van der Waals surface area (Å²) in [6.07, 6.45) is 1.45. The summed E-state index contributed by atoms with van der Waals surface area (Å²) in [6, 6.07) is 9.63. The lowest BCUT2D eigenvalue weighted by molar-refractivity contribution is 0.0697. The van der Waals surface area contributed by atoms with Crippen molar-refractivity contribution in [1.29, 1.82) is 5.26 Å². The normalized spacial score (nSPS) is 9.50. The Bertz CT molecular complexity index is 634. The third-order valence-electron chi connectivity index (χ3n) is 2.14. The highest BCUT2D eigenvalue weighted by molar-refractivity contribution is 5.88. The van der Waals surface area contributed by atoms with Gasteiger partial charge in [-0.3, -0.25) is 0 Å². The molecule has 0 spiro atoms. The largest absolute Gasteiger partial charge is 0.478 e. The molecule has 6 heteroatoms. The molecule has 2 N–H and O–H groups in total. The zero-order valence-electron chi connectivity index (χ0n) is 9.16. The zero-order valence-corrected chi connectivity index (χ0v) is 9.16. The summed E-state index contributed by atoms with van der Waals surface area (Å²) in [6.45, 7) is 0. The van der Waals surface area contributed by atoms with Gasteiger partial charge < -0.3 is 10.4 Å². The van der Waals surface area contributed by atoms with Crippen molar-refractivity contribution in [1.82, 2.24) is 9.97 Å². The number of hydrogen-bond acceptors (Lipinski definition) is 5. The van der Waals surface area contributed by atoms with Gasteiger partial charge in [-0.1, -0.05) is 6.07 Å². The Labute approximate surface area is 103 Å². The average molecular weight is 240 g/mol. The highest BCUT2D eigenvalue weighted by Gasteiger charge is 2.04. The van der Waals surface area contributed by atoms with Crippen LogP contribution in [-0.4, -0.2) is 21.0 Å². The molecular formula is C12H8N4O2. The van der Waals surface area contributed by atoms with E-state index in [9.17, 15) is 4.79 Å². The molecule has 2 aromatic rings. The van der Waals surface area contributed by atoms with Crippen LogP contribution >= 0.6 is 0 Å². The molecule has 0 atom stereocenters. The molecule has 6 nitrogen and oxygen atoms in total. The molecule has 0 unspecified atom stereocenters. The number of carbonyl (C=O) groups is 1. The summed E-state index contributed by atoms with van der Waals surface area (Å²) in [5.74, 6) is -0.762. The number of hydrogen-bond donors (Lipinski definition) is 2. The molecule has 2 rings (SSSR count). The van der Waals surface area contributed by atoms with Gasteiger partial charge in [0.2, 0.25) is 5.95 Å². The Morgan fingerprint density at radius 3 is 2.94 bits per heavy atom. The van der Waals surface area contributed by atoms with Gasteiger partial charge in [0.15, 0.2) is 0 Å². The fourth-order valence-corrected chi connectivity index (χ4v) is 1.34. The summed E-state index contributed by atoms with van der Waals surface area (Å²) in [5, 5.41) is 20.4. The number of nitrogens with zero attached hydrogens (tertiary/aromatic N) is 3. The molecule has 0 fully saturated rings. The van der Waals surface area contributed by atoms with E-state index in [0.717, 1.165) is 0 Å². The molecular weight excluding hydrogens is 232 g/mol. The first-order valence-electron chi connectivity index (χ1n) is 5.02. The van der Waals surface area contributed by atoms with Crippen molar-refractivity contribution >= 4 is 17.6 Å². The number of aromatic carboxylic acids is 1. The van der Waals surface area contributed by atoms with Crippen LogP contribution in [0.15, 0.2) is 36.5 Å². The molecule has 0 bridgehead atoms. The van der Waals surface area contributed by atoms with E-state index in [1.807, 2.05) is 6.07 Å². The van der Waals surface area contributed by atoms with Gasteiger partial charge in [0, 0.05) is 11.9 Å². The summed E-state index contributed by atoms with van der Waals surface area (Å²) in [4.78, 5) is 18.7. The quantitative estimate of drug-likeness (QED) is 0.848. The number of rotatable bonds is 3. The minimum absolute atomic E-state index is 0.163. The molecule has 1 aromatic carbocycles. The van der Waals surface area contributed by atoms with Crippen LogP contribution in [0.3, 0.4) is 0 Å². The van der Waals surface area contributed by atoms with Gasteiger partial charge in [-0.2, -0.15) is 5.26 Å². The molecule has 1 aromatic heterocycles. The van der Waals surface area contributed by atoms with Crippen LogP contribution < -0.4 is 5.32 Å². The fourth-order valence-electron chi connectivity index (χ4n) is 1.34. The predicted octanol–water partition coefficient (Wildman–Crippen LogP) is 1.79. The van der Waals surface area contributed by atoms with E-state index >= 15 is 0 Å². The second kappa shape index (κ2) is 4.93. The monoisotopic (exact) mass is 240 g/mol. The maximum Gasteiger partial charge on any atom is 0.335 e. The van der Waals surface area contributed by atoms with Crippen LogP contribution in [0.5, 0.6) is 0 Å². The molecule has 18 heavy (non-hydrogen) atoms. The smallest absolute Gasteiger partial charge is 0.335 e. The summed E-state index contributed by atoms with van der Waals surface area (Å²) >= 11 is 0. The van der Waals surface area contributed by atoms with E-state index in [0.29, 0.717) is 5.69 Å². The fraction of sp³-hybridized carbons (Fsp3) is 0. The van der Waals surface area contributed by atoms with E-state index in [2.05, 4.69) is 15.3 Å². The number of nitriles is 1. The molecule has 0 aliphatic rings. The van der Waals surface area contributed by atoms with E-state index in [-0.39, 0.29) is 17.2 Å². The molecule has 0 aliphatic carbocycles. The predicted molar refractivity (Wildman–Crippen MR) is 63.4 cm³/mol. The molecule has 1 heterocycles. The molecule has 0 aliphatic heterocycles. The first-order valence-corrected chi connectivity index (χ1v) is 5.02. The van der Waals surface area contributed by atoms with Crippen LogP contribution in [0.4, 0.5) is 11.6 Å². The lowest BCUT2D eigenvalue weighted by Gasteiger charge is -2.05. The van der Waals surface area contributed by atoms with Gasteiger partial charge in [0.25, 0.3) is 0 Å². The second-order valence-corrected chi connectivity index (χ2v) is 3.39. The van der Waals surface area contributed by atoms with Crippen molar-refractivity contribution in [2.24, 2.45) is 0 Å². The maximum atomic E-state index is 10.8. The molecule has 0 saturated heterocycles. The Kier molecular flexibility index (Phi) is 3.16. The van der Waals surface area contributed by atoms with Crippen molar-refractivity contribution < 1.29 is 9.90 Å². The van der Waals surface area contributed by atoms with Crippen molar-refractivity contribution in [3.05, 3.63) is 47.8 Å². The van der Waals surface area contributed by atoms with Crippen LogP contribution in [0.25, 0.3) is 0 Å². The average Bonchev–Trinajstić information content (AvgIpc) is 2.39. The lowest BCUT2D eigenvalue weighted by Crippen LogP contribution is -2.00. The number of aromatic nitrogens is 2. The van der Waals surface area contributed by atoms with Gasteiger partial charge in [-0.25, -0.2) is 14.8 Å². The third-order valence-corrected chi connectivity index (χ3v) is 2.14. The number of nitrogens with one attached hydrogen (secondary N) is 1. The first kappa shape index (κ1) is 11.5. The van der Waals surface area contributed by atoms with E-state index in [1.165, 1.54) is 24.4 Å². The van der Waals surface area contributed by atoms with Crippen molar-refractivity contribution in [3.63, 3.8) is 0 Å². The maximum absolute atomic E-state index is 10.8. The number of carboxylic acid groups (broad SMARTS) is 1. The van der Waals surface area contributed by atoms with Crippen LogP contribution in [-0.2, 0) is 0 Å². The van der Waals surface area contributed by atoms with Crippen LogP contribution in [0.2, 0.25) is 0 Å². The number of carboxylic acids is 1. The Morgan fingerprint density at radius 2 is 2.22 bits per heavy atom. The Hall–Kier alpha value is -2.94. The molecule has 0 radical (unpaired) electrons. The topological polar surface area (TPSA) is 98.9 Å². The van der Waals surface area contributed by atoms with Crippen molar-refractivity contribution in [3.8, 4) is 6.07 Å². The Morgan fingerprint density at radius 1 is 1.39 bits per heavy atom. The first-order chi connectivity index (χ1) is 8.69. The van der Waals surface area contributed by atoms with E-state index < -0.39 is 5.97 Å². The highest BCUT2D eigenvalue weighted by atomic mass is 16.4. The summed E-state index contributed by atoms with van der Waals surface area (Å²) in [5.41, 5.74) is 0.948. The van der Waals surface area contributed by atoms with Gasteiger partial charge in [-0.05, 0) is 24.3 Å². The van der Waals surface area contributed by atoms with Gasteiger partial charge in [-0.15, -0.1) is 0 Å². The second-order valence-electron chi connectivity index (χ2n) is 3.39. The molecule has 0 saturated carbocycles. The molecule has 88 valence electrons. The van der Waals surface area contributed by atoms with Crippen LogP contribution in [0.1, 0.15) is 16.1 Å². The van der Waals surface area contributed by atoms with Gasteiger partial charge in [0.1, 0.15) is 11.8 Å². The van der Waals surface area contributed by atoms with Crippen molar-refractivity contribution in [2.45, 2.75) is 0 Å². The lowest BCUT2D eigenvalue weighted by atomic mass is 10.2. The SMILES string of the molecule is N#Cc1ccnc(Nc2cccc(C(=O)O)c2)n1. The summed E-state index contributed by atoms with van der Waals surface area (Å²) < 4.78 is 0. The van der Waals surface area contributed by atoms with Crippen LogP contribution in [0, 0.1) is 11.3 Å². The number of benzene rings is 1. The molecule has 0 amide bonds.